The largest absolute Gasteiger partial charge is 0.335 e. The molecule has 1 heterocycles. The van der Waals surface area contributed by atoms with E-state index in [-0.39, 0.29) is 11.6 Å². The quantitative estimate of drug-likeness (QED) is 0.498. The van der Waals surface area contributed by atoms with Crippen molar-refractivity contribution in [1.82, 2.24) is 0 Å². The van der Waals surface area contributed by atoms with Crippen molar-refractivity contribution in [2.45, 2.75) is 19.8 Å². The van der Waals surface area contributed by atoms with Crippen molar-refractivity contribution in [3.8, 4) is 0 Å². The zero-order valence-corrected chi connectivity index (χ0v) is 12.4. The molecule has 0 bridgehead atoms. The van der Waals surface area contributed by atoms with Crippen molar-refractivity contribution < 1.29 is 9.59 Å². The van der Waals surface area contributed by atoms with E-state index in [1.807, 2.05) is 0 Å². The molecule has 0 spiro atoms. The number of hydrogen-bond donors (Lipinski definition) is 1. The van der Waals surface area contributed by atoms with E-state index in [0.29, 0.717) is 23.6 Å². The molecule has 0 aromatic heterocycles. The number of unbranched alkanes of at least 4 members (excludes halogenated alkanes) is 1. The Labute approximate surface area is 122 Å². The molecule has 3 nitrogen and oxygen atoms in total. The standard InChI is InChI=1S/C13H15BClNO2S/c1-2-3-4-19-7-12(17)8-5-9-11(6-10(8)15)16-13(18)14-9/h5-6,14H,2-4,7H2,1H3,(H,16,18). The van der Waals surface area contributed by atoms with Gasteiger partial charge in [-0.2, -0.15) is 11.8 Å². The van der Waals surface area contributed by atoms with Gasteiger partial charge in [-0.05, 0) is 23.7 Å². The number of fused-ring (bicyclic) bond motifs is 1. The highest BCUT2D eigenvalue weighted by molar-refractivity contribution is 7.99. The van der Waals surface area contributed by atoms with Gasteiger partial charge in [0.05, 0.1) is 10.8 Å². The first kappa shape index (κ1) is 14.5. The Bertz CT molecular complexity index is 522. The summed E-state index contributed by atoms with van der Waals surface area (Å²) in [5, 5.41) is 3.14. The summed E-state index contributed by atoms with van der Waals surface area (Å²) >= 11 is 7.74. The molecule has 0 aliphatic carbocycles. The summed E-state index contributed by atoms with van der Waals surface area (Å²) in [5.74, 6) is 1.42. The van der Waals surface area contributed by atoms with Crippen LogP contribution in [0.2, 0.25) is 5.02 Å². The molecule has 0 atom stereocenters. The number of nitrogens with one attached hydrogen (secondary N) is 1. The number of halogens is 1. The number of carbonyl (C=O) groups excluding carboxylic acids is 2. The van der Waals surface area contributed by atoms with Crippen molar-refractivity contribution in [2.24, 2.45) is 0 Å². The van der Waals surface area contributed by atoms with Crippen LogP contribution in [-0.2, 0) is 0 Å². The number of thioether (sulfide) groups is 1. The molecule has 2 rings (SSSR count). The van der Waals surface area contributed by atoms with Gasteiger partial charge in [-0.15, -0.1) is 0 Å². The normalized spacial score (nSPS) is 12.8. The molecule has 0 unspecified atom stereocenters. The van der Waals surface area contributed by atoms with E-state index in [4.69, 9.17) is 11.6 Å². The highest BCUT2D eigenvalue weighted by Crippen LogP contribution is 2.23. The third-order valence-electron chi connectivity index (χ3n) is 2.99. The maximum absolute atomic E-state index is 12.1. The Morgan fingerprint density at radius 2 is 2.26 bits per heavy atom. The van der Waals surface area contributed by atoms with E-state index < -0.39 is 0 Å². The lowest BCUT2D eigenvalue weighted by Gasteiger charge is -2.07. The fraction of sp³-hybridized carbons (Fsp3) is 0.385. The molecule has 1 amide bonds. The van der Waals surface area contributed by atoms with Gasteiger partial charge in [-0.25, -0.2) is 0 Å². The lowest BCUT2D eigenvalue weighted by atomic mass is 9.71. The van der Waals surface area contributed by atoms with Gasteiger partial charge in [0.15, 0.2) is 11.6 Å². The maximum Gasteiger partial charge on any atom is 0.269 e. The molecule has 0 saturated heterocycles. The van der Waals surface area contributed by atoms with Crippen LogP contribution >= 0.6 is 23.4 Å². The van der Waals surface area contributed by atoms with Crippen molar-refractivity contribution >= 4 is 53.4 Å². The van der Waals surface area contributed by atoms with E-state index in [1.54, 1.807) is 23.9 Å². The van der Waals surface area contributed by atoms with Crippen molar-refractivity contribution in [2.75, 3.05) is 16.8 Å². The smallest absolute Gasteiger partial charge is 0.269 e. The van der Waals surface area contributed by atoms with Crippen LogP contribution in [0.5, 0.6) is 0 Å². The van der Waals surface area contributed by atoms with E-state index in [2.05, 4.69) is 12.2 Å². The summed E-state index contributed by atoms with van der Waals surface area (Å²) < 4.78 is 0. The molecule has 0 saturated carbocycles. The van der Waals surface area contributed by atoms with Crippen LogP contribution in [0.25, 0.3) is 0 Å². The van der Waals surface area contributed by atoms with Gasteiger partial charge in [0.2, 0.25) is 0 Å². The second-order valence-corrected chi connectivity index (χ2v) is 6.06. The van der Waals surface area contributed by atoms with E-state index in [0.717, 1.165) is 29.7 Å². The van der Waals surface area contributed by atoms with E-state index >= 15 is 0 Å². The summed E-state index contributed by atoms with van der Waals surface area (Å²) in [6.07, 6.45) is 2.25. The van der Waals surface area contributed by atoms with E-state index in [1.165, 1.54) is 0 Å². The number of ketones is 1. The van der Waals surface area contributed by atoms with Crippen molar-refractivity contribution in [3.63, 3.8) is 0 Å². The molecule has 100 valence electrons. The zero-order valence-electron chi connectivity index (χ0n) is 10.8. The lowest BCUT2D eigenvalue weighted by Crippen LogP contribution is -2.17. The number of benzene rings is 1. The lowest BCUT2D eigenvalue weighted by molar-refractivity contribution is 0.102. The fourth-order valence-corrected chi connectivity index (χ4v) is 3.20. The molecule has 1 N–H and O–H groups in total. The molecule has 1 aromatic carbocycles. The molecule has 19 heavy (non-hydrogen) atoms. The van der Waals surface area contributed by atoms with Crippen LogP contribution in [0, 0.1) is 0 Å². The number of anilines is 1. The first-order valence-corrected chi connectivity index (χ1v) is 7.88. The summed E-state index contributed by atoms with van der Waals surface area (Å²) in [6, 6.07) is 3.42. The maximum atomic E-state index is 12.1. The van der Waals surface area contributed by atoms with Gasteiger partial charge >= 0.3 is 0 Å². The molecular weight excluding hydrogens is 280 g/mol. The van der Waals surface area contributed by atoms with Crippen molar-refractivity contribution in [3.05, 3.63) is 22.7 Å². The summed E-state index contributed by atoms with van der Waals surface area (Å²) in [5.41, 5.74) is 2.11. The Hall–Kier alpha value is -0.935. The SMILES string of the molecule is CCCCSCC(=O)c1cc2c(cc1Cl)NC(=O)B2. The molecule has 1 aliphatic heterocycles. The molecular formula is C13H15BClNO2S. The van der Waals surface area contributed by atoms with Gasteiger partial charge in [0, 0.05) is 11.3 Å². The summed E-state index contributed by atoms with van der Waals surface area (Å²) in [4.78, 5) is 23.4. The van der Waals surface area contributed by atoms with Gasteiger partial charge in [-0.3, -0.25) is 9.59 Å². The number of hydrogen-bond acceptors (Lipinski definition) is 3. The Morgan fingerprint density at radius 1 is 1.47 bits per heavy atom. The fourth-order valence-electron chi connectivity index (χ4n) is 1.95. The average Bonchev–Trinajstić information content (AvgIpc) is 2.72. The molecule has 1 aliphatic rings. The number of rotatable bonds is 6. The number of amides is 1. The molecule has 0 fully saturated rings. The van der Waals surface area contributed by atoms with Gasteiger partial charge < -0.3 is 5.32 Å². The second kappa shape index (κ2) is 6.48. The monoisotopic (exact) mass is 295 g/mol. The molecule has 1 aromatic rings. The number of carbonyl (C=O) groups is 2. The van der Waals surface area contributed by atoms with Crippen LogP contribution in [0.3, 0.4) is 0 Å². The highest BCUT2D eigenvalue weighted by Gasteiger charge is 2.23. The average molecular weight is 296 g/mol. The summed E-state index contributed by atoms with van der Waals surface area (Å²) in [7, 11) is 0.329. The zero-order chi connectivity index (χ0) is 13.8. The van der Waals surface area contributed by atoms with Crippen LogP contribution in [0.1, 0.15) is 30.1 Å². The van der Waals surface area contributed by atoms with Gasteiger partial charge in [0.1, 0.15) is 0 Å². The van der Waals surface area contributed by atoms with Crippen LogP contribution < -0.4 is 10.8 Å². The molecule has 6 heteroatoms. The second-order valence-electron chi connectivity index (χ2n) is 4.54. The first-order chi connectivity index (χ1) is 9.11. The minimum atomic E-state index is -0.0482. The third kappa shape index (κ3) is 3.54. The third-order valence-corrected chi connectivity index (χ3v) is 4.35. The van der Waals surface area contributed by atoms with Crippen molar-refractivity contribution in [1.29, 1.82) is 0 Å². The Kier molecular flexibility index (Phi) is 4.94. The van der Waals surface area contributed by atoms with Gasteiger partial charge in [0.25, 0.3) is 7.28 Å². The minimum Gasteiger partial charge on any atom is -0.335 e. The van der Waals surface area contributed by atoms with E-state index in [9.17, 15) is 9.59 Å². The molecule has 0 radical (unpaired) electrons. The Balaban J connectivity index is 2.06. The van der Waals surface area contributed by atoms with Crippen LogP contribution in [0.4, 0.5) is 10.5 Å². The minimum absolute atomic E-state index is 0.0354. The Morgan fingerprint density at radius 3 is 3.00 bits per heavy atom. The van der Waals surface area contributed by atoms with Crippen LogP contribution in [-0.4, -0.2) is 30.4 Å². The predicted molar refractivity (Wildman–Crippen MR) is 83.8 cm³/mol. The highest BCUT2D eigenvalue weighted by atomic mass is 35.5. The van der Waals surface area contributed by atoms with Gasteiger partial charge in [-0.1, -0.05) is 31.0 Å². The summed E-state index contributed by atoms with van der Waals surface area (Å²) in [6.45, 7) is 2.13. The predicted octanol–water partition coefficient (Wildman–Crippen LogP) is 2.66. The first-order valence-electron chi connectivity index (χ1n) is 6.35. The van der Waals surface area contributed by atoms with Crippen LogP contribution in [0.15, 0.2) is 12.1 Å². The number of Topliss-reactive ketones (excluding diaryl/α,β-unsaturated/α-hetero) is 1. The topological polar surface area (TPSA) is 46.2 Å².